The van der Waals surface area contributed by atoms with E-state index in [1.165, 1.54) is 7.11 Å². The number of carbonyl (C=O) groups excluding carboxylic acids is 1. The minimum absolute atomic E-state index is 0.0115. The average molecular weight is 312 g/mol. The van der Waals surface area contributed by atoms with Crippen molar-refractivity contribution < 1.29 is 19.1 Å². The van der Waals surface area contributed by atoms with E-state index in [9.17, 15) is 14.4 Å². The topological polar surface area (TPSA) is 88.1 Å². The quantitative estimate of drug-likeness (QED) is 0.816. The van der Waals surface area contributed by atoms with Gasteiger partial charge < -0.3 is 25.4 Å². The zero-order valence-corrected chi connectivity index (χ0v) is 12.5. The third-order valence-electron chi connectivity index (χ3n) is 3.77. The van der Waals surface area contributed by atoms with Gasteiger partial charge in [0.1, 0.15) is 11.6 Å². The van der Waals surface area contributed by atoms with Crippen molar-refractivity contribution in [3.05, 3.63) is 28.7 Å². The number of hydrogen-bond acceptors (Lipinski definition) is 6. The van der Waals surface area contributed by atoms with E-state index in [0.717, 1.165) is 38.1 Å². The van der Waals surface area contributed by atoms with Gasteiger partial charge in [-0.25, -0.2) is 4.39 Å². The van der Waals surface area contributed by atoms with Crippen LogP contribution >= 0.6 is 0 Å². The number of hydrogen-bond donors (Lipinski definition) is 2. The zero-order valence-electron chi connectivity index (χ0n) is 12.5. The van der Waals surface area contributed by atoms with Gasteiger partial charge in [-0.05, 0) is 39.0 Å². The summed E-state index contributed by atoms with van der Waals surface area (Å²) in [5.74, 6) is -1.53. The summed E-state index contributed by atoms with van der Waals surface area (Å²) in [5, 5.41) is 22.1. The predicted molar refractivity (Wildman–Crippen MR) is 78.6 cm³/mol. The number of methoxy groups -OCH3 is 1. The van der Waals surface area contributed by atoms with Gasteiger partial charge in [-0.2, -0.15) is 0 Å². The maximum atomic E-state index is 14.0. The summed E-state index contributed by atoms with van der Waals surface area (Å²) >= 11 is 0. The van der Waals surface area contributed by atoms with E-state index < -0.39 is 22.6 Å². The summed E-state index contributed by atoms with van der Waals surface area (Å²) in [7, 11) is 3.27. The molecule has 0 spiro atoms. The Balaban J connectivity index is 2.15. The lowest BCUT2D eigenvalue weighted by molar-refractivity contribution is 0.0912. The first kappa shape index (κ1) is 16.5. The van der Waals surface area contributed by atoms with Crippen molar-refractivity contribution in [2.45, 2.75) is 18.9 Å². The van der Waals surface area contributed by atoms with Crippen molar-refractivity contribution in [2.75, 3.05) is 32.5 Å². The smallest absolute Gasteiger partial charge is 0.254 e. The van der Waals surface area contributed by atoms with Crippen LogP contribution in [0.2, 0.25) is 0 Å². The van der Waals surface area contributed by atoms with Crippen LogP contribution in [-0.2, 0) is 0 Å². The molecule has 7 nitrogen and oxygen atoms in total. The van der Waals surface area contributed by atoms with Gasteiger partial charge in [0.2, 0.25) is 0 Å². The molecule has 1 fully saturated rings. The second-order valence-corrected chi connectivity index (χ2v) is 5.33. The standard InChI is InChI=1S/C14H19FN3O4/c1-17-5-3-9(4-6-17)16-14(19)10-7-13(22-2)12(18(20)21)8-11(10)15/h7-9,20H,3-6H2,1-2H3,(H,16,19)/q-1. The Morgan fingerprint density at radius 1 is 1.50 bits per heavy atom. The van der Waals surface area contributed by atoms with E-state index >= 15 is 0 Å². The molecule has 1 aliphatic rings. The third kappa shape index (κ3) is 3.65. The zero-order chi connectivity index (χ0) is 16.3. The molecule has 1 aromatic rings. The predicted octanol–water partition coefficient (Wildman–Crippen LogP) is 1.35. The third-order valence-corrected chi connectivity index (χ3v) is 3.77. The maximum absolute atomic E-state index is 14.0. The number of likely N-dealkylation sites (tertiary alicyclic amines) is 1. The number of ether oxygens (including phenoxy) is 1. The van der Waals surface area contributed by atoms with Gasteiger partial charge in [0.15, 0.2) is 0 Å². The van der Waals surface area contributed by atoms with Gasteiger partial charge in [0, 0.05) is 12.1 Å². The Bertz CT molecular complexity index is 545. The molecule has 122 valence electrons. The Kier molecular flexibility index (Phi) is 5.17. The van der Waals surface area contributed by atoms with Gasteiger partial charge in [0.25, 0.3) is 5.91 Å². The summed E-state index contributed by atoms with van der Waals surface area (Å²) in [6, 6.07) is 1.87. The van der Waals surface area contributed by atoms with E-state index in [1.54, 1.807) is 0 Å². The van der Waals surface area contributed by atoms with E-state index in [4.69, 9.17) is 9.94 Å². The monoisotopic (exact) mass is 312 g/mol. The number of rotatable bonds is 4. The molecule has 0 unspecified atom stereocenters. The van der Waals surface area contributed by atoms with Crippen molar-refractivity contribution in [1.29, 1.82) is 0 Å². The maximum Gasteiger partial charge on any atom is 0.254 e. The fourth-order valence-electron chi connectivity index (χ4n) is 2.45. The van der Waals surface area contributed by atoms with Crippen LogP contribution in [0.25, 0.3) is 0 Å². The summed E-state index contributed by atoms with van der Waals surface area (Å²) in [4.78, 5) is 14.3. The first-order chi connectivity index (χ1) is 10.4. The molecule has 0 atom stereocenters. The Morgan fingerprint density at radius 2 is 2.14 bits per heavy atom. The van der Waals surface area contributed by atoms with Gasteiger partial charge in [-0.3, -0.25) is 10.0 Å². The Hall–Kier alpha value is -1.90. The first-order valence-corrected chi connectivity index (χ1v) is 6.95. The molecular weight excluding hydrogens is 293 g/mol. The van der Waals surface area contributed by atoms with Crippen LogP contribution in [0.3, 0.4) is 0 Å². The SMILES string of the molecule is COc1cc(C(=O)NC2CCN(C)CC2)c(F)cc1N([O-])O. The highest BCUT2D eigenvalue weighted by Gasteiger charge is 2.22. The van der Waals surface area contributed by atoms with E-state index in [2.05, 4.69) is 10.2 Å². The number of amides is 1. The van der Waals surface area contributed by atoms with Crippen molar-refractivity contribution in [3.63, 3.8) is 0 Å². The molecule has 0 aromatic heterocycles. The highest BCUT2D eigenvalue weighted by molar-refractivity contribution is 5.95. The molecule has 2 N–H and O–H groups in total. The summed E-state index contributed by atoms with van der Waals surface area (Å²) in [6.07, 6.45) is 1.59. The lowest BCUT2D eigenvalue weighted by atomic mass is 10.0. The molecule has 0 radical (unpaired) electrons. The number of carbonyl (C=O) groups is 1. The molecule has 1 saturated heterocycles. The van der Waals surface area contributed by atoms with Crippen molar-refractivity contribution in [2.24, 2.45) is 0 Å². The first-order valence-electron chi connectivity index (χ1n) is 6.95. The highest BCUT2D eigenvalue weighted by atomic mass is 19.1. The molecule has 0 saturated carbocycles. The number of halogens is 1. The molecule has 22 heavy (non-hydrogen) atoms. The van der Waals surface area contributed by atoms with Crippen LogP contribution < -0.4 is 15.3 Å². The van der Waals surface area contributed by atoms with Gasteiger partial charge in [-0.15, -0.1) is 0 Å². The van der Waals surface area contributed by atoms with Crippen LogP contribution in [0.1, 0.15) is 23.2 Å². The van der Waals surface area contributed by atoms with E-state index in [1.807, 2.05) is 7.05 Å². The second-order valence-electron chi connectivity index (χ2n) is 5.33. The van der Waals surface area contributed by atoms with Crippen molar-refractivity contribution >= 4 is 11.6 Å². The summed E-state index contributed by atoms with van der Waals surface area (Å²) in [5.41, 5.74) is -0.614. The number of benzene rings is 1. The molecular formula is C14H19FN3O4-. The molecule has 1 aromatic carbocycles. The summed E-state index contributed by atoms with van der Waals surface area (Å²) < 4.78 is 18.9. The highest BCUT2D eigenvalue weighted by Crippen LogP contribution is 2.30. The minimum Gasteiger partial charge on any atom is -0.733 e. The molecule has 1 aliphatic heterocycles. The van der Waals surface area contributed by atoms with Crippen molar-refractivity contribution in [1.82, 2.24) is 10.2 Å². The largest absolute Gasteiger partial charge is 0.733 e. The molecule has 0 bridgehead atoms. The number of piperidine rings is 1. The lowest BCUT2D eigenvalue weighted by Gasteiger charge is -2.29. The Morgan fingerprint density at radius 3 is 2.68 bits per heavy atom. The fraction of sp³-hybridized carbons (Fsp3) is 0.500. The number of anilines is 1. The molecule has 1 heterocycles. The fourth-order valence-corrected chi connectivity index (χ4v) is 2.45. The minimum atomic E-state index is -0.892. The van der Waals surface area contributed by atoms with Crippen LogP contribution in [0, 0.1) is 11.0 Å². The van der Waals surface area contributed by atoms with Gasteiger partial charge in [-0.1, -0.05) is 0 Å². The van der Waals surface area contributed by atoms with E-state index in [0.29, 0.717) is 0 Å². The molecule has 0 aliphatic carbocycles. The second kappa shape index (κ2) is 6.91. The molecule has 1 amide bonds. The van der Waals surface area contributed by atoms with Gasteiger partial charge >= 0.3 is 0 Å². The van der Waals surface area contributed by atoms with Crippen LogP contribution in [0.4, 0.5) is 10.1 Å². The Labute approximate surface area is 127 Å². The lowest BCUT2D eigenvalue weighted by Crippen LogP contribution is -2.43. The van der Waals surface area contributed by atoms with Crippen LogP contribution in [0.15, 0.2) is 12.1 Å². The van der Waals surface area contributed by atoms with Gasteiger partial charge in [0.05, 0.1) is 18.4 Å². The van der Waals surface area contributed by atoms with Crippen LogP contribution in [0.5, 0.6) is 5.75 Å². The van der Waals surface area contributed by atoms with E-state index in [-0.39, 0.29) is 17.4 Å². The van der Waals surface area contributed by atoms with Crippen LogP contribution in [-0.4, -0.2) is 49.3 Å². The average Bonchev–Trinajstić information content (AvgIpc) is 2.49. The number of nitrogens with one attached hydrogen (secondary N) is 1. The number of nitrogens with zero attached hydrogens (tertiary/aromatic N) is 2. The molecule has 8 heteroatoms. The molecule has 2 rings (SSSR count). The normalized spacial score (nSPS) is 16.4. The summed E-state index contributed by atoms with van der Waals surface area (Å²) in [6.45, 7) is 1.73. The van der Waals surface area contributed by atoms with Crippen molar-refractivity contribution in [3.8, 4) is 5.75 Å².